The fourth-order valence-electron chi connectivity index (χ4n) is 2.28. The highest BCUT2D eigenvalue weighted by molar-refractivity contribution is 5.92. The fraction of sp³-hybridized carbons (Fsp3) is 0.692. The second kappa shape index (κ2) is 4.90. The van der Waals surface area contributed by atoms with Crippen LogP contribution in [0.15, 0.2) is 12.5 Å². The van der Waals surface area contributed by atoms with Gasteiger partial charge in [0.15, 0.2) is 0 Å². The average molecular weight is 271 g/mol. The molecule has 2 rings (SSSR count). The number of hydrogen-bond acceptors (Lipinski definition) is 2. The van der Waals surface area contributed by atoms with Gasteiger partial charge in [0.2, 0.25) is 5.92 Å². The van der Waals surface area contributed by atoms with Gasteiger partial charge >= 0.3 is 0 Å². The molecular weight excluding hydrogens is 252 g/mol. The smallest absolute Gasteiger partial charge is 0.271 e. The second-order valence-corrected chi connectivity index (χ2v) is 5.46. The number of nitrogens with zero attached hydrogens (tertiary/aromatic N) is 2. The van der Waals surface area contributed by atoms with Crippen LogP contribution in [0.2, 0.25) is 0 Å². The largest absolute Gasteiger partial charge is 0.345 e. The molecule has 6 heteroatoms. The number of nitrogens with one attached hydrogen (secondary N) is 1. The van der Waals surface area contributed by atoms with Crippen molar-refractivity contribution in [1.82, 2.24) is 14.9 Å². The molecule has 0 saturated heterocycles. The molecule has 0 aliphatic heterocycles. The molecule has 0 radical (unpaired) electrons. The van der Waals surface area contributed by atoms with Crippen LogP contribution in [0.3, 0.4) is 0 Å². The van der Waals surface area contributed by atoms with Gasteiger partial charge in [0.05, 0.1) is 6.33 Å². The van der Waals surface area contributed by atoms with Crippen LogP contribution in [0.5, 0.6) is 0 Å². The molecule has 1 fully saturated rings. The van der Waals surface area contributed by atoms with E-state index in [9.17, 15) is 13.6 Å². The van der Waals surface area contributed by atoms with E-state index in [1.165, 1.54) is 0 Å². The van der Waals surface area contributed by atoms with Crippen molar-refractivity contribution in [2.24, 2.45) is 0 Å². The summed E-state index contributed by atoms with van der Waals surface area (Å²) in [5.74, 6) is -2.88. The Bertz CT molecular complexity index is 460. The summed E-state index contributed by atoms with van der Waals surface area (Å²) in [7, 11) is 0. The summed E-state index contributed by atoms with van der Waals surface area (Å²) in [6.45, 7) is 4.51. The van der Waals surface area contributed by atoms with E-state index in [0.29, 0.717) is 18.5 Å². The predicted molar refractivity (Wildman–Crippen MR) is 67.2 cm³/mol. The number of rotatable bonds is 3. The normalized spacial score (nSPS) is 21.1. The van der Waals surface area contributed by atoms with E-state index in [-0.39, 0.29) is 18.7 Å². The molecule has 19 heavy (non-hydrogen) atoms. The molecule has 4 nitrogen and oxygen atoms in total. The zero-order valence-corrected chi connectivity index (χ0v) is 11.2. The molecular formula is C13H19F2N3O. The first kappa shape index (κ1) is 14.0. The van der Waals surface area contributed by atoms with E-state index in [0.717, 1.165) is 6.54 Å². The van der Waals surface area contributed by atoms with Crippen molar-refractivity contribution in [2.75, 3.05) is 0 Å². The minimum atomic E-state index is -2.59. The molecule has 1 aromatic rings. The van der Waals surface area contributed by atoms with Gasteiger partial charge in [-0.3, -0.25) is 4.79 Å². The van der Waals surface area contributed by atoms with Crippen molar-refractivity contribution in [1.29, 1.82) is 0 Å². The third-order valence-corrected chi connectivity index (χ3v) is 3.73. The Labute approximate surface area is 111 Å². The minimum Gasteiger partial charge on any atom is -0.345 e. The lowest BCUT2D eigenvalue weighted by atomic mass is 9.81. The first-order chi connectivity index (χ1) is 8.84. The lowest BCUT2D eigenvalue weighted by molar-refractivity contribution is -0.0522. The molecule has 0 aromatic carbocycles. The zero-order chi connectivity index (χ0) is 14.1. The highest BCUT2D eigenvalue weighted by Gasteiger charge is 2.41. The van der Waals surface area contributed by atoms with Crippen LogP contribution in [0.4, 0.5) is 8.78 Å². The Morgan fingerprint density at radius 2 is 2.05 bits per heavy atom. The summed E-state index contributed by atoms with van der Waals surface area (Å²) in [6, 6.07) is 0. The van der Waals surface area contributed by atoms with Gasteiger partial charge in [-0.05, 0) is 26.7 Å². The highest BCUT2D eigenvalue weighted by atomic mass is 19.3. The first-order valence-corrected chi connectivity index (χ1v) is 6.56. The Hall–Kier alpha value is -1.46. The SMILES string of the molecule is CCn1cnc(C(=O)NC2(C)CCC(F)(F)CC2)c1. The number of carbonyl (C=O) groups is 1. The predicted octanol–water partition coefficient (Wildman–Crippen LogP) is 2.60. The standard InChI is InChI=1S/C13H19F2N3O/c1-3-18-8-10(16-9-18)11(19)17-12(2)4-6-13(14,15)7-5-12/h8-9H,3-7H2,1-2H3,(H,17,19). The summed E-state index contributed by atoms with van der Waals surface area (Å²) in [5, 5.41) is 2.84. The van der Waals surface area contributed by atoms with Gasteiger partial charge in [-0.1, -0.05) is 0 Å². The molecule has 1 amide bonds. The van der Waals surface area contributed by atoms with Gasteiger partial charge in [0.1, 0.15) is 5.69 Å². The van der Waals surface area contributed by atoms with Crippen LogP contribution in [0, 0.1) is 0 Å². The van der Waals surface area contributed by atoms with Gasteiger partial charge in [-0.15, -0.1) is 0 Å². The molecule has 1 heterocycles. The summed E-state index contributed by atoms with van der Waals surface area (Å²) in [6.07, 6.45) is 3.49. The van der Waals surface area contributed by atoms with E-state index in [4.69, 9.17) is 0 Å². The van der Waals surface area contributed by atoms with Crippen LogP contribution in [-0.2, 0) is 6.54 Å². The number of aryl methyl sites for hydroxylation is 1. The summed E-state index contributed by atoms with van der Waals surface area (Å²) in [4.78, 5) is 16.0. The van der Waals surface area contributed by atoms with Crippen LogP contribution in [0.25, 0.3) is 0 Å². The van der Waals surface area contributed by atoms with Crippen LogP contribution >= 0.6 is 0 Å². The van der Waals surface area contributed by atoms with Crippen molar-refractivity contribution in [2.45, 2.75) is 57.5 Å². The highest BCUT2D eigenvalue weighted by Crippen LogP contribution is 2.38. The minimum absolute atomic E-state index is 0.173. The number of halogens is 2. The number of aromatic nitrogens is 2. The molecule has 1 N–H and O–H groups in total. The Morgan fingerprint density at radius 3 is 2.58 bits per heavy atom. The molecule has 106 valence electrons. The van der Waals surface area contributed by atoms with Crippen LogP contribution in [-0.4, -0.2) is 26.9 Å². The fourth-order valence-corrected chi connectivity index (χ4v) is 2.28. The third-order valence-electron chi connectivity index (χ3n) is 3.73. The van der Waals surface area contributed by atoms with Gasteiger partial charge < -0.3 is 9.88 Å². The summed E-state index contributed by atoms with van der Waals surface area (Å²) >= 11 is 0. The molecule has 1 aliphatic rings. The van der Waals surface area contributed by atoms with Gasteiger partial charge in [-0.25, -0.2) is 13.8 Å². The lowest BCUT2D eigenvalue weighted by Crippen LogP contribution is -2.50. The van der Waals surface area contributed by atoms with Crippen LogP contribution in [0.1, 0.15) is 50.0 Å². The van der Waals surface area contributed by atoms with Crippen molar-refractivity contribution in [3.05, 3.63) is 18.2 Å². The van der Waals surface area contributed by atoms with Crippen LogP contribution < -0.4 is 5.32 Å². The Kier molecular flexibility index (Phi) is 3.60. The molecule has 0 unspecified atom stereocenters. The zero-order valence-electron chi connectivity index (χ0n) is 11.2. The lowest BCUT2D eigenvalue weighted by Gasteiger charge is -2.37. The first-order valence-electron chi connectivity index (χ1n) is 6.56. The number of hydrogen-bond donors (Lipinski definition) is 1. The maximum Gasteiger partial charge on any atom is 0.271 e. The van der Waals surface area contributed by atoms with Gasteiger partial charge in [0, 0.05) is 31.1 Å². The summed E-state index contributed by atoms with van der Waals surface area (Å²) in [5.41, 5.74) is -0.227. The van der Waals surface area contributed by atoms with Crippen molar-refractivity contribution in [3.63, 3.8) is 0 Å². The molecule has 1 saturated carbocycles. The van der Waals surface area contributed by atoms with Crippen molar-refractivity contribution in [3.8, 4) is 0 Å². The molecule has 0 bridgehead atoms. The number of carbonyl (C=O) groups excluding carboxylic acids is 1. The summed E-state index contributed by atoms with van der Waals surface area (Å²) < 4.78 is 28.1. The monoisotopic (exact) mass is 271 g/mol. The van der Waals surface area contributed by atoms with E-state index in [2.05, 4.69) is 10.3 Å². The number of amides is 1. The number of imidazole rings is 1. The van der Waals surface area contributed by atoms with E-state index < -0.39 is 11.5 Å². The maximum absolute atomic E-state index is 13.1. The Morgan fingerprint density at radius 1 is 1.42 bits per heavy atom. The molecule has 1 aliphatic carbocycles. The van der Waals surface area contributed by atoms with E-state index in [1.807, 2.05) is 13.8 Å². The second-order valence-electron chi connectivity index (χ2n) is 5.46. The quantitative estimate of drug-likeness (QED) is 0.918. The molecule has 1 aromatic heterocycles. The van der Waals surface area contributed by atoms with E-state index >= 15 is 0 Å². The van der Waals surface area contributed by atoms with Crippen molar-refractivity contribution >= 4 is 5.91 Å². The number of alkyl halides is 2. The molecule has 0 spiro atoms. The average Bonchev–Trinajstić information content (AvgIpc) is 2.82. The van der Waals surface area contributed by atoms with E-state index in [1.54, 1.807) is 17.1 Å². The van der Waals surface area contributed by atoms with Crippen molar-refractivity contribution < 1.29 is 13.6 Å². The molecule has 0 atom stereocenters. The van der Waals surface area contributed by atoms with Gasteiger partial charge in [-0.2, -0.15) is 0 Å². The van der Waals surface area contributed by atoms with Gasteiger partial charge in [0.25, 0.3) is 5.91 Å². The topological polar surface area (TPSA) is 46.9 Å². The Balaban J connectivity index is 1.99. The maximum atomic E-state index is 13.1. The third kappa shape index (κ3) is 3.30.